The first-order valence-corrected chi connectivity index (χ1v) is 7.25. The van der Waals surface area contributed by atoms with Crippen molar-refractivity contribution in [2.75, 3.05) is 0 Å². The summed E-state index contributed by atoms with van der Waals surface area (Å²) in [6.45, 7) is 1.95. The summed E-state index contributed by atoms with van der Waals surface area (Å²) in [6.07, 6.45) is 5.94. The smallest absolute Gasteiger partial charge is 0.101 e. The Morgan fingerprint density at radius 3 is 2.84 bits per heavy atom. The summed E-state index contributed by atoms with van der Waals surface area (Å²) in [5.74, 6) is 0. The number of aliphatic hydroxyl groups is 1. The van der Waals surface area contributed by atoms with Crippen molar-refractivity contribution in [1.29, 1.82) is 0 Å². The predicted molar refractivity (Wildman–Crippen MR) is 74.8 cm³/mol. The van der Waals surface area contributed by atoms with Gasteiger partial charge in [0, 0.05) is 19.5 Å². The van der Waals surface area contributed by atoms with E-state index in [1.165, 1.54) is 12.8 Å². The van der Waals surface area contributed by atoms with Crippen molar-refractivity contribution in [2.24, 2.45) is 7.05 Å². The number of rotatable bonds is 4. The fraction of sp³-hybridized carbons (Fsp3) is 0.538. The van der Waals surface area contributed by atoms with Crippen LogP contribution in [0.3, 0.4) is 0 Å². The van der Waals surface area contributed by atoms with Gasteiger partial charge >= 0.3 is 0 Å². The number of aliphatic hydroxyl groups excluding tert-OH is 1. The molecule has 0 spiro atoms. The summed E-state index contributed by atoms with van der Waals surface area (Å²) >= 11 is 3.54. The Bertz CT molecular complexity index is 600. The molecule has 6 heteroatoms. The molecule has 1 atom stereocenters. The Hall–Kier alpha value is -1.14. The van der Waals surface area contributed by atoms with Gasteiger partial charge in [-0.3, -0.25) is 4.68 Å². The first-order chi connectivity index (χ1) is 9.08. The van der Waals surface area contributed by atoms with Crippen LogP contribution in [0.15, 0.2) is 17.0 Å². The molecule has 5 nitrogen and oxygen atoms in total. The predicted octanol–water partition coefficient (Wildman–Crippen LogP) is 2.30. The van der Waals surface area contributed by atoms with Crippen LogP contribution in [0, 0.1) is 6.92 Å². The van der Waals surface area contributed by atoms with Gasteiger partial charge in [-0.05, 0) is 35.7 Å². The largest absolute Gasteiger partial charge is 0.386 e. The number of hydrogen-bond donors (Lipinski definition) is 1. The third-order valence-corrected chi connectivity index (χ3v) is 4.66. The van der Waals surface area contributed by atoms with Crippen LogP contribution in [-0.2, 0) is 13.5 Å². The Balaban J connectivity index is 1.84. The molecular formula is C13H17BrN4O. The first-order valence-electron chi connectivity index (χ1n) is 6.45. The van der Waals surface area contributed by atoms with Crippen molar-refractivity contribution in [2.45, 2.75) is 38.3 Å². The van der Waals surface area contributed by atoms with E-state index in [0.29, 0.717) is 12.5 Å². The van der Waals surface area contributed by atoms with Gasteiger partial charge in [0.15, 0.2) is 0 Å². The number of hydrogen-bond acceptors (Lipinski definition) is 3. The number of aryl methyl sites for hydroxylation is 2. The Morgan fingerprint density at radius 1 is 1.53 bits per heavy atom. The SMILES string of the molecule is Cc1nn(C)c(CC(O)c2cncn2C2CC2)c1Br. The first kappa shape index (κ1) is 12.9. The highest BCUT2D eigenvalue weighted by molar-refractivity contribution is 9.10. The monoisotopic (exact) mass is 324 g/mol. The number of aromatic nitrogens is 4. The quantitative estimate of drug-likeness (QED) is 0.938. The van der Waals surface area contributed by atoms with Gasteiger partial charge in [-0.15, -0.1) is 0 Å². The second-order valence-electron chi connectivity index (χ2n) is 5.15. The third-order valence-electron chi connectivity index (χ3n) is 3.63. The standard InChI is InChI=1S/C13H17BrN4O/c1-8-13(14)10(17(2)16-8)5-12(19)11-6-15-7-18(11)9-3-4-9/h6-7,9,12,19H,3-5H2,1-2H3. The molecule has 2 heterocycles. The number of imidazole rings is 1. The molecule has 1 aliphatic rings. The summed E-state index contributed by atoms with van der Waals surface area (Å²) in [6, 6.07) is 0.531. The van der Waals surface area contributed by atoms with Crippen molar-refractivity contribution in [3.05, 3.63) is 34.1 Å². The Labute approximate surface area is 120 Å². The van der Waals surface area contributed by atoms with E-state index in [9.17, 15) is 5.11 Å². The Kier molecular flexibility index (Phi) is 3.22. The van der Waals surface area contributed by atoms with E-state index in [-0.39, 0.29) is 0 Å². The highest BCUT2D eigenvalue weighted by Crippen LogP contribution is 2.37. The van der Waals surface area contributed by atoms with Crippen LogP contribution < -0.4 is 0 Å². The van der Waals surface area contributed by atoms with Crippen LogP contribution in [-0.4, -0.2) is 24.4 Å². The fourth-order valence-corrected chi connectivity index (χ4v) is 2.92. The topological polar surface area (TPSA) is 55.9 Å². The number of halogens is 1. The van der Waals surface area contributed by atoms with Crippen LogP contribution in [0.1, 0.15) is 42.1 Å². The number of nitrogens with zero attached hydrogens (tertiary/aromatic N) is 4. The molecule has 2 aromatic rings. The van der Waals surface area contributed by atoms with Crippen LogP contribution in [0.4, 0.5) is 0 Å². The Morgan fingerprint density at radius 2 is 2.26 bits per heavy atom. The molecule has 0 bridgehead atoms. The van der Waals surface area contributed by atoms with Gasteiger partial charge in [0.1, 0.15) is 6.10 Å². The molecule has 0 saturated heterocycles. The van der Waals surface area contributed by atoms with E-state index in [0.717, 1.165) is 21.6 Å². The minimum atomic E-state index is -0.547. The molecule has 0 aromatic carbocycles. The van der Waals surface area contributed by atoms with Crippen LogP contribution in [0.2, 0.25) is 0 Å². The molecule has 1 saturated carbocycles. The molecule has 1 unspecified atom stereocenters. The highest BCUT2D eigenvalue weighted by Gasteiger charge is 2.28. The van der Waals surface area contributed by atoms with Crippen LogP contribution >= 0.6 is 15.9 Å². The summed E-state index contributed by atoms with van der Waals surface area (Å²) < 4.78 is 4.90. The minimum absolute atomic E-state index is 0.531. The summed E-state index contributed by atoms with van der Waals surface area (Å²) in [7, 11) is 1.90. The molecule has 3 rings (SSSR count). The molecule has 2 aromatic heterocycles. The average Bonchev–Trinajstić information content (AvgIpc) is 3.06. The van der Waals surface area contributed by atoms with E-state index in [1.54, 1.807) is 6.20 Å². The molecule has 102 valence electrons. The minimum Gasteiger partial charge on any atom is -0.386 e. The van der Waals surface area contributed by atoms with Gasteiger partial charge in [-0.1, -0.05) is 0 Å². The summed E-state index contributed by atoms with van der Waals surface area (Å²) in [4.78, 5) is 4.16. The molecule has 19 heavy (non-hydrogen) atoms. The van der Waals surface area contributed by atoms with Crippen molar-refractivity contribution in [3.63, 3.8) is 0 Å². The second-order valence-corrected chi connectivity index (χ2v) is 5.94. The summed E-state index contributed by atoms with van der Waals surface area (Å²) in [5.41, 5.74) is 2.85. The van der Waals surface area contributed by atoms with E-state index in [4.69, 9.17) is 0 Å². The maximum atomic E-state index is 10.5. The van der Waals surface area contributed by atoms with Crippen molar-refractivity contribution >= 4 is 15.9 Å². The lowest BCUT2D eigenvalue weighted by Crippen LogP contribution is -2.11. The lowest BCUT2D eigenvalue weighted by atomic mass is 10.1. The fourth-order valence-electron chi connectivity index (χ4n) is 2.42. The van der Waals surface area contributed by atoms with E-state index < -0.39 is 6.10 Å². The molecule has 1 fully saturated rings. The molecule has 0 amide bonds. The lowest BCUT2D eigenvalue weighted by Gasteiger charge is -2.14. The molecule has 0 aliphatic heterocycles. The molecule has 1 aliphatic carbocycles. The van der Waals surface area contributed by atoms with Gasteiger partial charge in [0.05, 0.1) is 34.1 Å². The van der Waals surface area contributed by atoms with Gasteiger partial charge < -0.3 is 9.67 Å². The third kappa shape index (κ3) is 2.34. The van der Waals surface area contributed by atoms with Gasteiger partial charge in [0.2, 0.25) is 0 Å². The van der Waals surface area contributed by atoms with Crippen LogP contribution in [0.25, 0.3) is 0 Å². The maximum absolute atomic E-state index is 10.5. The van der Waals surface area contributed by atoms with E-state index in [1.807, 2.05) is 25.0 Å². The lowest BCUT2D eigenvalue weighted by molar-refractivity contribution is 0.166. The molecule has 1 N–H and O–H groups in total. The van der Waals surface area contributed by atoms with Crippen molar-refractivity contribution < 1.29 is 5.11 Å². The van der Waals surface area contributed by atoms with Gasteiger partial charge in [-0.25, -0.2) is 4.98 Å². The van der Waals surface area contributed by atoms with Crippen molar-refractivity contribution in [1.82, 2.24) is 19.3 Å². The normalized spacial score (nSPS) is 16.8. The van der Waals surface area contributed by atoms with E-state index >= 15 is 0 Å². The molecule has 0 radical (unpaired) electrons. The molecular weight excluding hydrogens is 308 g/mol. The van der Waals surface area contributed by atoms with E-state index in [2.05, 4.69) is 30.6 Å². The van der Waals surface area contributed by atoms with Crippen LogP contribution in [0.5, 0.6) is 0 Å². The van der Waals surface area contributed by atoms with Gasteiger partial charge in [0.25, 0.3) is 0 Å². The zero-order valence-corrected chi connectivity index (χ0v) is 12.6. The second kappa shape index (κ2) is 4.76. The zero-order chi connectivity index (χ0) is 13.6. The zero-order valence-electron chi connectivity index (χ0n) is 11.0. The summed E-state index contributed by atoms with van der Waals surface area (Å²) in [5, 5.41) is 14.8. The highest BCUT2D eigenvalue weighted by atomic mass is 79.9. The maximum Gasteiger partial charge on any atom is 0.101 e. The average molecular weight is 325 g/mol. The van der Waals surface area contributed by atoms with Crippen molar-refractivity contribution in [3.8, 4) is 0 Å². The van der Waals surface area contributed by atoms with Gasteiger partial charge in [-0.2, -0.15) is 5.10 Å².